The van der Waals surface area contributed by atoms with Gasteiger partial charge in [0.1, 0.15) is 5.92 Å². The van der Waals surface area contributed by atoms with Crippen LogP contribution >= 0.6 is 0 Å². The number of hydrogen-bond acceptors (Lipinski definition) is 4. The van der Waals surface area contributed by atoms with Crippen molar-refractivity contribution in [2.75, 3.05) is 5.06 Å². The normalized spacial score (nSPS) is 22.8. The van der Waals surface area contributed by atoms with E-state index in [1.165, 1.54) is 16.0 Å². The van der Waals surface area contributed by atoms with Gasteiger partial charge in [-0.2, -0.15) is 0 Å². The van der Waals surface area contributed by atoms with Crippen LogP contribution in [-0.4, -0.2) is 22.8 Å². The van der Waals surface area contributed by atoms with Gasteiger partial charge in [0.2, 0.25) is 5.91 Å². The van der Waals surface area contributed by atoms with Gasteiger partial charge in [-0.15, -0.1) is 0 Å². The molecule has 2 saturated heterocycles. The van der Waals surface area contributed by atoms with Crippen LogP contribution in [0.1, 0.15) is 17.2 Å². The maximum atomic E-state index is 14.0. The number of likely N-dealkylation sites (tertiary alicyclic amines) is 1. The number of rotatable bonds is 4. The van der Waals surface area contributed by atoms with Gasteiger partial charge in [0.25, 0.3) is 5.91 Å². The van der Waals surface area contributed by atoms with Crippen LogP contribution in [0.4, 0.5) is 14.5 Å². The molecule has 3 atom stereocenters. The fraction of sp³-hybridized carbons (Fsp3) is 0.167. The number of hydroxylamine groups is 1. The minimum absolute atomic E-state index is 0.130. The second-order valence-corrected chi connectivity index (χ2v) is 7.58. The van der Waals surface area contributed by atoms with Gasteiger partial charge in [0.05, 0.1) is 18.3 Å². The Hall–Kier alpha value is -3.58. The number of imide groups is 1. The number of nitrogens with zero attached hydrogens (tertiary/aromatic N) is 2. The molecule has 0 saturated carbocycles. The van der Waals surface area contributed by atoms with Crippen molar-refractivity contribution in [3.05, 3.63) is 102 Å². The Morgan fingerprint density at radius 3 is 2.16 bits per heavy atom. The zero-order valence-corrected chi connectivity index (χ0v) is 16.3. The molecule has 156 valence electrons. The number of carbonyl (C=O) groups is 2. The zero-order valence-electron chi connectivity index (χ0n) is 16.3. The molecule has 5 nitrogen and oxygen atoms in total. The molecule has 2 aliphatic heterocycles. The van der Waals surface area contributed by atoms with Crippen LogP contribution in [0.25, 0.3) is 0 Å². The van der Waals surface area contributed by atoms with Crippen molar-refractivity contribution in [3.63, 3.8) is 0 Å². The average Bonchev–Trinajstić information content (AvgIpc) is 3.29. The SMILES string of the molecule is O=C1[C@@H]2[C@@H](ON(c3ccccc3)[C@H]2c2ccc(F)c(F)c2)C(=O)N1Cc1ccccc1. The fourth-order valence-electron chi connectivity index (χ4n) is 4.23. The summed E-state index contributed by atoms with van der Waals surface area (Å²) in [5.41, 5.74) is 1.79. The number of hydrogen-bond donors (Lipinski definition) is 0. The molecule has 5 rings (SSSR count). The summed E-state index contributed by atoms with van der Waals surface area (Å²) in [6.45, 7) is 0.130. The van der Waals surface area contributed by atoms with Crippen molar-refractivity contribution in [1.29, 1.82) is 0 Å². The van der Waals surface area contributed by atoms with Crippen molar-refractivity contribution in [1.82, 2.24) is 4.90 Å². The molecule has 0 bridgehead atoms. The summed E-state index contributed by atoms with van der Waals surface area (Å²) in [7, 11) is 0. The molecule has 3 aromatic carbocycles. The molecule has 0 N–H and O–H groups in total. The highest BCUT2D eigenvalue weighted by molar-refractivity contribution is 6.07. The zero-order chi connectivity index (χ0) is 21.5. The molecule has 2 amide bonds. The van der Waals surface area contributed by atoms with Crippen LogP contribution < -0.4 is 5.06 Å². The second kappa shape index (κ2) is 7.59. The average molecular weight is 420 g/mol. The number of carbonyl (C=O) groups excluding carboxylic acids is 2. The Kier molecular flexibility index (Phi) is 4.75. The van der Waals surface area contributed by atoms with E-state index in [1.54, 1.807) is 24.3 Å². The lowest BCUT2D eigenvalue weighted by atomic mass is 9.90. The summed E-state index contributed by atoms with van der Waals surface area (Å²) in [5.74, 6) is -3.71. The quantitative estimate of drug-likeness (QED) is 0.599. The first-order chi connectivity index (χ1) is 15.0. The van der Waals surface area contributed by atoms with Crippen LogP contribution in [0.3, 0.4) is 0 Å². The number of anilines is 1. The monoisotopic (exact) mass is 420 g/mol. The van der Waals surface area contributed by atoms with Gasteiger partial charge < -0.3 is 0 Å². The van der Waals surface area contributed by atoms with Crippen LogP contribution in [0.5, 0.6) is 0 Å². The molecule has 0 spiro atoms. The van der Waals surface area contributed by atoms with Gasteiger partial charge in [-0.3, -0.25) is 19.3 Å². The third-order valence-corrected chi connectivity index (χ3v) is 5.69. The van der Waals surface area contributed by atoms with E-state index in [0.29, 0.717) is 11.3 Å². The standard InChI is InChI=1S/C24H18F2N2O3/c25-18-12-11-16(13-19(18)26)21-20-22(31-28(21)17-9-5-2-6-10-17)24(30)27(23(20)29)14-15-7-3-1-4-8-15/h1-13,20-22H,14H2/t20-,21-,22+/m0/s1. The van der Waals surface area contributed by atoms with E-state index < -0.39 is 41.5 Å². The Morgan fingerprint density at radius 1 is 0.806 bits per heavy atom. The maximum absolute atomic E-state index is 14.0. The number of amides is 2. The largest absolute Gasteiger partial charge is 0.275 e. The number of para-hydroxylation sites is 1. The summed E-state index contributed by atoms with van der Waals surface area (Å²) >= 11 is 0. The van der Waals surface area contributed by atoms with E-state index in [2.05, 4.69) is 0 Å². The second-order valence-electron chi connectivity index (χ2n) is 7.58. The maximum Gasteiger partial charge on any atom is 0.262 e. The van der Waals surface area contributed by atoms with Gasteiger partial charge >= 0.3 is 0 Å². The van der Waals surface area contributed by atoms with Crippen LogP contribution in [0.15, 0.2) is 78.9 Å². The molecule has 2 heterocycles. The van der Waals surface area contributed by atoms with Crippen molar-refractivity contribution < 1.29 is 23.2 Å². The third kappa shape index (κ3) is 3.27. The van der Waals surface area contributed by atoms with E-state index in [4.69, 9.17) is 4.84 Å². The summed E-state index contributed by atoms with van der Waals surface area (Å²) in [4.78, 5) is 33.6. The first-order valence-corrected chi connectivity index (χ1v) is 9.90. The molecule has 7 heteroatoms. The highest BCUT2D eigenvalue weighted by Crippen LogP contribution is 2.47. The number of halogens is 2. The van der Waals surface area contributed by atoms with E-state index in [0.717, 1.165) is 17.7 Å². The predicted octanol–water partition coefficient (Wildman–Crippen LogP) is 4.01. The van der Waals surface area contributed by atoms with Crippen LogP contribution in [0.2, 0.25) is 0 Å². The molecule has 0 aliphatic carbocycles. The summed E-state index contributed by atoms with van der Waals surface area (Å²) in [6, 6.07) is 20.8. The van der Waals surface area contributed by atoms with Gasteiger partial charge in [-0.25, -0.2) is 13.8 Å². The molecule has 0 radical (unpaired) electrons. The van der Waals surface area contributed by atoms with E-state index in [-0.39, 0.29) is 6.54 Å². The predicted molar refractivity (Wildman–Crippen MR) is 108 cm³/mol. The molecule has 31 heavy (non-hydrogen) atoms. The van der Waals surface area contributed by atoms with Gasteiger partial charge in [-0.05, 0) is 35.4 Å². The van der Waals surface area contributed by atoms with Crippen LogP contribution in [0, 0.1) is 17.6 Å². The van der Waals surface area contributed by atoms with E-state index in [1.807, 2.05) is 36.4 Å². The molecule has 2 fully saturated rings. The smallest absolute Gasteiger partial charge is 0.262 e. The van der Waals surface area contributed by atoms with Crippen molar-refractivity contribution in [2.45, 2.75) is 18.7 Å². The Balaban J connectivity index is 1.54. The van der Waals surface area contributed by atoms with Gasteiger partial charge in [0.15, 0.2) is 17.7 Å². The lowest BCUT2D eigenvalue weighted by molar-refractivity contribution is -0.143. The Labute approximate surface area is 177 Å². The number of benzene rings is 3. The first-order valence-electron chi connectivity index (χ1n) is 9.90. The fourth-order valence-corrected chi connectivity index (χ4v) is 4.23. The topological polar surface area (TPSA) is 49.9 Å². The van der Waals surface area contributed by atoms with Crippen molar-refractivity contribution in [2.24, 2.45) is 5.92 Å². The minimum atomic E-state index is -1.03. The molecule has 0 unspecified atom stereocenters. The van der Waals surface area contributed by atoms with Gasteiger partial charge in [-0.1, -0.05) is 54.6 Å². The van der Waals surface area contributed by atoms with E-state index >= 15 is 0 Å². The Morgan fingerprint density at radius 2 is 1.48 bits per heavy atom. The summed E-state index contributed by atoms with van der Waals surface area (Å²) in [5, 5.41) is 1.46. The minimum Gasteiger partial charge on any atom is -0.275 e. The lowest BCUT2D eigenvalue weighted by Crippen LogP contribution is -2.37. The molecular weight excluding hydrogens is 402 g/mol. The third-order valence-electron chi connectivity index (χ3n) is 5.69. The summed E-state index contributed by atoms with van der Waals surface area (Å²) in [6.07, 6.45) is -1.03. The molecular formula is C24H18F2N2O3. The molecule has 0 aromatic heterocycles. The van der Waals surface area contributed by atoms with Crippen LogP contribution in [-0.2, 0) is 21.0 Å². The van der Waals surface area contributed by atoms with Gasteiger partial charge in [0, 0.05) is 0 Å². The first kappa shape index (κ1) is 19.4. The lowest BCUT2D eigenvalue weighted by Gasteiger charge is -2.28. The molecule has 3 aromatic rings. The Bertz CT molecular complexity index is 1140. The summed E-state index contributed by atoms with van der Waals surface area (Å²) < 4.78 is 27.6. The number of fused-ring (bicyclic) bond motifs is 1. The molecule has 2 aliphatic rings. The van der Waals surface area contributed by atoms with E-state index in [9.17, 15) is 18.4 Å². The van der Waals surface area contributed by atoms with Crippen molar-refractivity contribution in [3.8, 4) is 0 Å². The highest BCUT2D eigenvalue weighted by Gasteiger charge is 2.59. The van der Waals surface area contributed by atoms with Crippen molar-refractivity contribution >= 4 is 17.5 Å². The highest BCUT2D eigenvalue weighted by atomic mass is 19.2.